The van der Waals surface area contributed by atoms with Crippen molar-refractivity contribution in [2.75, 3.05) is 11.9 Å². The Bertz CT molecular complexity index is 778. The van der Waals surface area contributed by atoms with Crippen LogP contribution in [-0.4, -0.2) is 18.5 Å². The molecule has 7 heteroatoms. The SMILES string of the molecule is Cc1ccc(NC(=O)NC(=O)COc2cc(Cl)ccc2Cl)c(C)c1. The molecule has 2 rings (SSSR count). The lowest BCUT2D eigenvalue weighted by Crippen LogP contribution is -2.37. The van der Waals surface area contributed by atoms with Gasteiger partial charge in [-0.2, -0.15) is 0 Å². The zero-order valence-corrected chi connectivity index (χ0v) is 14.7. The summed E-state index contributed by atoms with van der Waals surface area (Å²) >= 11 is 11.8. The Morgan fingerprint density at radius 3 is 2.54 bits per heavy atom. The number of amides is 3. The fourth-order valence-electron chi connectivity index (χ4n) is 2.00. The Balaban J connectivity index is 1.87. The molecule has 0 aliphatic heterocycles. The van der Waals surface area contributed by atoms with Crippen LogP contribution in [0.2, 0.25) is 10.0 Å². The smallest absolute Gasteiger partial charge is 0.325 e. The molecule has 2 N–H and O–H groups in total. The van der Waals surface area contributed by atoms with Gasteiger partial charge in [0.25, 0.3) is 5.91 Å². The largest absolute Gasteiger partial charge is 0.482 e. The predicted octanol–water partition coefficient (Wildman–Crippen LogP) is 4.34. The quantitative estimate of drug-likeness (QED) is 0.845. The standard InChI is InChI=1S/C17H16Cl2N2O3/c1-10-3-6-14(11(2)7-10)20-17(23)21-16(22)9-24-15-8-12(18)4-5-13(15)19/h3-8H,9H2,1-2H3,(H2,20,21,22,23). The van der Waals surface area contributed by atoms with Crippen molar-refractivity contribution < 1.29 is 14.3 Å². The van der Waals surface area contributed by atoms with E-state index < -0.39 is 11.9 Å². The second-order valence-corrected chi connectivity index (χ2v) is 6.03. The minimum atomic E-state index is -0.632. The van der Waals surface area contributed by atoms with Gasteiger partial charge in [0.2, 0.25) is 0 Å². The normalized spacial score (nSPS) is 10.2. The van der Waals surface area contributed by atoms with Crippen molar-refractivity contribution in [2.45, 2.75) is 13.8 Å². The van der Waals surface area contributed by atoms with Crippen molar-refractivity contribution in [3.63, 3.8) is 0 Å². The number of hydrogen-bond donors (Lipinski definition) is 2. The van der Waals surface area contributed by atoms with Gasteiger partial charge < -0.3 is 10.1 Å². The molecular weight excluding hydrogens is 351 g/mol. The summed E-state index contributed by atoms with van der Waals surface area (Å²) in [5.74, 6) is -0.331. The number of anilines is 1. The van der Waals surface area contributed by atoms with Gasteiger partial charge in [0.05, 0.1) is 5.02 Å². The Labute approximate surface area is 149 Å². The van der Waals surface area contributed by atoms with Gasteiger partial charge in [-0.15, -0.1) is 0 Å². The number of benzene rings is 2. The third-order valence-corrected chi connectivity index (χ3v) is 3.68. The zero-order valence-electron chi connectivity index (χ0n) is 13.2. The van der Waals surface area contributed by atoms with Crippen LogP contribution in [0.4, 0.5) is 10.5 Å². The van der Waals surface area contributed by atoms with E-state index in [-0.39, 0.29) is 12.4 Å². The summed E-state index contributed by atoms with van der Waals surface area (Å²) < 4.78 is 5.26. The zero-order chi connectivity index (χ0) is 17.7. The van der Waals surface area contributed by atoms with Crippen LogP contribution in [0.25, 0.3) is 0 Å². The number of hydrogen-bond acceptors (Lipinski definition) is 3. The van der Waals surface area contributed by atoms with E-state index in [2.05, 4.69) is 10.6 Å². The second-order valence-electron chi connectivity index (χ2n) is 5.18. The van der Waals surface area contributed by atoms with Gasteiger partial charge in [-0.3, -0.25) is 10.1 Å². The molecule has 0 saturated carbocycles. The molecule has 2 aromatic rings. The minimum Gasteiger partial charge on any atom is -0.482 e. The van der Waals surface area contributed by atoms with Crippen molar-refractivity contribution in [3.05, 3.63) is 57.6 Å². The van der Waals surface area contributed by atoms with Crippen molar-refractivity contribution in [1.82, 2.24) is 5.32 Å². The number of ether oxygens (including phenoxy) is 1. The Kier molecular flexibility index (Phi) is 6.06. The lowest BCUT2D eigenvalue weighted by atomic mass is 10.1. The van der Waals surface area contributed by atoms with Gasteiger partial charge in [0, 0.05) is 16.8 Å². The molecule has 0 heterocycles. The van der Waals surface area contributed by atoms with E-state index in [9.17, 15) is 9.59 Å². The first kappa shape index (κ1) is 18.1. The van der Waals surface area contributed by atoms with Crippen LogP contribution >= 0.6 is 23.2 Å². The van der Waals surface area contributed by atoms with Gasteiger partial charge >= 0.3 is 6.03 Å². The summed E-state index contributed by atoms with van der Waals surface area (Å²) in [6.45, 7) is 3.47. The maximum atomic E-state index is 11.8. The van der Waals surface area contributed by atoms with E-state index >= 15 is 0 Å². The van der Waals surface area contributed by atoms with Crippen LogP contribution in [-0.2, 0) is 4.79 Å². The molecule has 0 unspecified atom stereocenters. The Hall–Kier alpha value is -2.24. The lowest BCUT2D eigenvalue weighted by Gasteiger charge is -2.11. The Morgan fingerprint density at radius 1 is 1.08 bits per heavy atom. The number of rotatable bonds is 4. The lowest BCUT2D eigenvalue weighted by molar-refractivity contribution is -0.121. The molecule has 0 fully saturated rings. The van der Waals surface area contributed by atoms with Crippen LogP contribution in [0.1, 0.15) is 11.1 Å². The third kappa shape index (κ3) is 5.15. The highest BCUT2D eigenvalue weighted by molar-refractivity contribution is 6.34. The van der Waals surface area contributed by atoms with Crippen molar-refractivity contribution >= 4 is 40.8 Å². The van der Waals surface area contributed by atoms with E-state index in [1.54, 1.807) is 18.2 Å². The van der Waals surface area contributed by atoms with Gasteiger partial charge in [0.15, 0.2) is 6.61 Å². The molecule has 0 bridgehead atoms. The van der Waals surface area contributed by atoms with Crippen molar-refractivity contribution in [1.29, 1.82) is 0 Å². The maximum absolute atomic E-state index is 11.8. The molecule has 0 aliphatic carbocycles. The number of carbonyl (C=O) groups is 2. The summed E-state index contributed by atoms with van der Waals surface area (Å²) in [6.07, 6.45) is 0. The van der Waals surface area contributed by atoms with Crippen LogP contribution < -0.4 is 15.4 Å². The summed E-state index contributed by atoms with van der Waals surface area (Å²) in [5.41, 5.74) is 2.62. The average molecular weight is 367 g/mol. The topological polar surface area (TPSA) is 67.4 Å². The summed E-state index contributed by atoms with van der Waals surface area (Å²) in [6, 6.07) is 9.60. The van der Waals surface area contributed by atoms with E-state index in [0.717, 1.165) is 11.1 Å². The van der Waals surface area contributed by atoms with E-state index in [0.29, 0.717) is 15.7 Å². The number of urea groups is 1. The number of imide groups is 1. The number of halogens is 2. The molecule has 24 heavy (non-hydrogen) atoms. The monoisotopic (exact) mass is 366 g/mol. The van der Waals surface area contributed by atoms with Crippen molar-refractivity contribution in [3.8, 4) is 5.75 Å². The van der Waals surface area contributed by atoms with Crippen LogP contribution in [0.3, 0.4) is 0 Å². The highest BCUT2D eigenvalue weighted by atomic mass is 35.5. The highest BCUT2D eigenvalue weighted by Gasteiger charge is 2.11. The molecule has 3 amide bonds. The van der Waals surface area contributed by atoms with E-state index in [4.69, 9.17) is 27.9 Å². The number of aryl methyl sites for hydroxylation is 2. The first-order valence-corrected chi connectivity index (χ1v) is 7.86. The fourth-order valence-corrected chi connectivity index (χ4v) is 2.34. The third-order valence-electron chi connectivity index (χ3n) is 3.14. The summed E-state index contributed by atoms with van der Waals surface area (Å²) in [7, 11) is 0. The van der Waals surface area contributed by atoms with Gasteiger partial charge in [0.1, 0.15) is 5.75 Å². The minimum absolute atomic E-state index is 0.272. The van der Waals surface area contributed by atoms with Gasteiger partial charge in [-0.05, 0) is 37.6 Å². The molecule has 0 spiro atoms. The first-order valence-electron chi connectivity index (χ1n) is 7.11. The van der Waals surface area contributed by atoms with E-state index in [1.807, 2.05) is 26.0 Å². The molecule has 2 aromatic carbocycles. The Morgan fingerprint density at radius 2 is 1.83 bits per heavy atom. The number of nitrogens with one attached hydrogen (secondary N) is 2. The summed E-state index contributed by atoms with van der Waals surface area (Å²) in [5, 5.41) is 5.56. The highest BCUT2D eigenvalue weighted by Crippen LogP contribution is 2.27. The predicted molar refractivity (Wildman–Crippen MR) is 95.0 cm³/mol. The molecule has 126 valence electrons. The van der Waals surface area contributed by atoms with Gasteiger partial charge in [-0.25, -0.2) is 4.79 Å². The molecule has 0 saturated heterocycles. The van der Waals surface area contributed by atoms with Crippen LogP contribution in [0, 0.1) is 13.8 Å². The average Bonchev–Trinajstić information content (AvgIpc) is 2.51. The second kappa shape index (κ2) is 8.04. The number of carbonyl (C=O) groups excluding carboxylic acids is 2. The first-order chi connectivity index (χ1) is 11.3. The molecule has 0 aliphatic rings. The van der Waals surface area contributed by atoms with Gasteiger partial charge in [-0.1, -0.05) is 40.9 Å². The molecule has 0 radical (unpaired) electrons. The molecule has 0 atom stereocenters. The maximum Gasteiger partial charge on any atom is 0.325 e. The van der Waals surface area contributed by atoms with E-state index in [1.165, 1.54) is 6.07 Å². The van der Waals surface area contributed by atoms with Crippen LogP contribution in [0.5, 0.6) is 5.75 Å². The van der Waals surface area contributed by atoms with Crippen molar-refractivity contribution in [2.24, 2.45) is 0 Å². The molecule has 0 aromatic heterocycles. The summed E-state index contributed by atoms with van der Waals surface area (Å²) in [4.78, 5) is 23.6. The fraction of sp³-hybridized carbons (Fsp3) is 0.176. The molecular formula is C17H16Cl2N2O3. The van der Waals surface area contributed by atoms with Crippen LogP contribution in [0.15, 0.2) is 36.4 Å². The molecule has 5 nitrogen and oxygen atoms in total.